The van der Waals surface area contributed by atoms with Crippen LogP contribution in [0.1, 0.15) is 23.3 Å². The average molecular weight is 353 g/mol. The van der Waals surface area contributed by atoms with Crippen LogP contribution in [-0.4, -0.2) is 34.0 Å². The van der Waals surface area contributed by atoms with Crippen molar-refractivity contribution in [3.63, 3.8) is 0 Å². The Bertz CT molecular complexity index is 774. The highest BCUT2D eigenvalue weighted by atomic mass is 19.4. The SMILES string of the molecule is O=C(O)c1cnc(NCC2CC2)c(-c2ccc(OC(F)(F)F)cc2)n1. The van der Waals surface area contributed by atoms with E-state index in [2.05, 4.69) is 20.0 Å². The van der Waals surface area contributed by atoms with Crippen LogP contribution in [0.3, 0.4) is 0 Å². The molecule has 0 saturated heterocycles. The van der Waals surface area contributed by atoms with Crippen LogP contribution in [0.2, 0.25) is 0 Å². The molecule has 1 aromatic carbocycles. The fourth-order valence-electron chi connectivity index (χ4n) is 2.20. The first-order valence-electron chi connectivity index (χ1n) is 7.52. The zero-order valence-electron chi connectivity index (χ0n) is 12.9. The molecule has 1 aromatic heterocycles. The molecule has 3 rings (SSSR count). The lowest BCUT2D eigenvalue weighted by molar-refractivity contribution is -0.274. The standard InChI is InChI=1S/C16H14F3N3O3/c17-16(18,19)25-11-5-3-10(4-6-11)13-14(20-7-9-1-2-9)21-8-12(22-13)15(23)24/h3-6,8-9H,1-2,7H2,(H,20,21)(H,23,24). The molecule has 9 heteroatoms. The van der Waals surface area contributed by atoms with Gasteiger partial charge in [0.05, 0.1) is 6.20 Å². The van der Waals surface area contributed by atoms with Crippen molar-refractivity contribution in [3.05, 3.63) is 36.2 Å². The molecule has 0 atom stereocenters. The minimum Gasteiger partial charge on any atom is -0.476 e. The van der Waals surface area contributed by atoms with Crippen molar-refractivity contribution in [1.82, 2.24) is 9.97 Å². The lowest BCUT2D eigenvalue weighted by atomic mass is 10.1. The minimum absolute atomic E-state index is 0.248. The fraction of sp³-hybridized carbons (Fsp3) is 0.312. The summed E-state index contributed by atoms with van der Waals surface area (Å²) >= 11 is 0. The van der Waals surface area contributed by atoms with E-state index >= 15 is 0 Å². The first-order chi connectivity index (χ1) is 11.8. The number of anilines is 1. The number of nitrogens with zero attached hydrogens (tertiary/aromatic N) is 2. The lowest BCUT2D eigenvalue weighted by Crippen LogP contribution is -2.17. The predicted octanol–water partition coefficient (Wildman–Crippen LogP) is 3.56. The molecular weight excluding hydrogens is 339 g/mol. The molecule has 1 fully saturated rings. The normalized spacial score (nSPS) is 14.2. The molecule has 1 saturated carbocycles. The maximum absolute atomic E-state index is 12.2. The van der Waals surface area contributed by atoms with Crippen molar-refractivity contribution < 1.29 is 27.8 Å². The van der Waals surface area contributed by atoms with E-state index in [0.717, 1.165) is 31.2 Å². The van der Waals surface area contributed by atoms with Crippen LogP contribution < -0.4 is 10.1 Å². The molecule has 0 unspecified atom stereocenters. The van der Waals surface area contributed by atoms with Gasteiger partial charge in [-0.15, -0.1) is 13.2 Å². The van der Waals surface area contributed by atoms with Crippen LogP contribution in [-0.2, 0) is 0 Å². The number of carbonyl (C=O) groups is 1. The summed E-state index contributed by atoms with van der Waals surface area (Å²) in [7, 11) is 0. The molecule has 1 heterocycles. The molecule has 1 aliphatic rings. The summed E-state index contributed by atoms with van der Waals surface area (Å²) < 4.78 is 40.5. The highest BCUT2D eigenvalue weighted by Gasteiger charge is 2.31. The third-order valence-corrected chi connectivity index (χ3v) is 3.61. The first-order valence-corrected chi connectivity index (χ1v) is 7.52. The maximum atomic E-state index is 12.2. The Hall–Kier alpha value is -2.84. The molecule has 1 aliphatic carbocycles. The van der Waals surface area contributed by atoms with E-state index in [1.807, 2.05) is 0 Å². The molecule has 0 amide bonds. The second-order valence-corrected chi connectivity index (χ2v) is 5.65. The summed E-state index contributed by atoms with van der Waals surface area (Å²) in [5, 5.41) is 12.2. The van der Waals surface area contributed by atoms with Gasteiger partial charge in [0.2, 0.25) is 0 Å². The number of aromatic carboxylic acids is 1. The first kappa shape index (κ1) is 17.0. The molecule has 25 heavy (non-hydrogen) atoms. The van der Waals surface area contributed by atoms with Gasteiger partial charge in [0.25, 0.3) is 0 Å². The van der Waals surface area contributed by atoms with E-state index in [1.54, 1.807) is 0 Å². The number of ether oxygens (including phenoxy) is 1. The van der Waals surface area contributed by atoms with Crippen LogP contribution in [0.4, 0.5) is 19.0 Å². The van der Waals surface area contributed by atoms with Gasteiger partial charge in [-0.25, -0.2) is 14.8 Å². The van der Waals surface area contributed by atoms with Crippen LogP contribution in [0.25, 0.3) is 11.3 Å². The Morgan fingerprint density at radius 1 is 1.28 bits per heavy atom. The van der Waals surface area contributed by atoms with Gasteiger partial charge < -0.3 is 15.2 Å². The number of hydrogen-bond donors (Lipinski definition) is 2. The summed E-state index contributed by atoms with van der Waals surface area (Å²) in [6.45, 7) is 0.684. The summed E-state index contributed by atoms with van der Waals surface area (Å²) in [6, 6.07) is 5.03. The highest BCUT2D eigenvalue weighted by molar-refractivity contribution is 5.86. The van der Waals surface area contributed by atoms with Crippen molar-refractivity contribution in [2.45, 2.75) is 19.2 Å². The number of rotatable bonds is 6. The van der Waals surface area contributed by atoms with Gasteiger partial charge in [-0.05, 0) is 43.0 Å². The molecule has 0 spiro atoms. The summed E-state index contributed by atoms with van der Waals surface area (Å²) in [5.41, 5.74) is 0.449. The molecule has 0 bridgehead atoms. The Kier molecular flexibility index (Phi) is 4.47. The summed E-state index contributed by atoms with van der Waals surface area (Å²) in [6.07, 6.45) is -1.40. The van der Waals surface area contributed by atoms with E-state index in [4.69, 9.17) is 5.11 Å². The number of nitrogens with one attached hydrogen (secondary N) is 1. The number of carboxylic acid groups (broad SMARTS) is 1. The Morgan fingerprint density at radius 3 is 2.52 bits per heavy atom. The van der Waals surface area contributed by atoms with Crippen molar-refractivity contribution in [1.29, 1.82) is 0 Å². The smallest absolute Gasteiger partial charge is 0.476 e. The Labute approximate surface area is 140 Å². The second kappa shape index (κ2) is 6.58. The Morgan fingerprint density at radius 2 is 1.96 bits per heavy atom. The monoisotopic (exact) mass is 353 g/mol. The minimum atomic E-state index is -4.78. The third kappa shape index (κ3) is 4.59. The largest absolute Gasteiger partial charge is 0.573 e. The predicted molar refractivity (Wildman–Crippen MR) is 82.3 cm³/mol. The van der Waals surface area contributed by atoms with Crippen molar-refractivity contribution in [2.75, 3.05) is 11.9 Å². The molecule has 2 N–H and O–H groups in total. The molecular formula is C16H14F3N3O3. The number of halogens is 3. The van der Waals surface area contributed by atoms with E-state index in [0.29, 0.717) is 23.8 Å². The number of aromatic nitrogens is 2. The zero-order chi connectivity index (χ0) is 18.0. The second-order valence-electron chi connectivity index (χ2n) is 5.65. The van der Waals surface area contributed by atoms with Gasteiger partial charge in [0.1, 0.15) is 11.4 Å². The quantitative estimate of drug-likeness (QED) is 0.826. The van der Waals surface area contributed by atoms with Crippen molar-refractivity contribution in [3.8, 4) is 17.0 Å². The molecule has 132 valence electrons. The lowest BCUT2D eigenvalue weighted by Gasteiger charge is -2.12. The van der Waals surface area contributed by atoms with Crippen LogP contribution in [0.15, 0.2) is 30.5 Å². The van der Waals surface area contributed by atoms with Crippen LogP contribution in [0, 0.1) is 5.92 Å². The number of carboxylic acids is 1. The molecule has 0 aliphatic heterocycles. The average Bonchev–Trinajstić information content (AvgIpc) is 3.36. The van der Waals surface area contributed by atoms with Gasteiger partial charge in [0, 0.05) is 12.1 Å². The highest BCUT2D eigenvalue weighted by Crippen LogP contribution is 2.32. The fourth-order valence-corrected chi connectivity index (χ4v) is 2.20. The summed E-state index contributed by atoms with van der Waals surface area (Å²) in [4.78, 5) is 19.3. The van der Waals surface area contributed by atoms with E-state index < -0.39 is 12.3 Å². The van der Waals surface area contributed by atoms with E-state index in [-0.39, 0.29) is 17.1 Å². The van der Waals surface area contributed by atoms with Crippen LogP contribution >= 0.6 is 0 Å². The van der Waals surface area contributed by atoms with Gasteiger partial charge in [-0.3, -0.25) is 0 Å². The maximum Gasteiger partial charge on any atom is 0.573 e. The summed E-state index contributed by atoms with van der Waals surface area (Å²) in [5.74, 6) is -0.664. The number of hydrogen-bond acceptors (Lipinski definition) is 5. The molecule has 2 aromatic rings. The van der Waals surface area contributed by atoms with Gasteiger partial charge in [-0.2, -0.15) is 0 Å². The van der Waals surface area contributed by atoms with Gasteiger partial charge in [0.15, 0.2) is 11.5 Å². The topological polar surface area (TPSA) is 84.3 Å². The molecule has 6 nitrogen and oxygen atoms in total. The number of benzene rings is 1. The third-order valence-electron chi connectivity index (χ3n) is 3.61. The zero-order valence-corrected chi connectivity index (χ0v) is 12.9. The van der Waals surface area contributed by atoms with Crippen molar-refractivity contribution >= 4 is 11.8 Å². The number of alkyl halides is 3. The van der Waals surface area contributed by atoms with E-state index in [1.165, 1.54) is 12.1 Å². The molecule has 0 radical (unpaired) electrons. The Balaban J connectivity index is 1.89. The van der Waals surface area contributed by atoms with Gasteiger partial charge >= 0.3 is 12.3 Å². The van der Waals surface area contributed by atoms with Gasteiger partial charge in [-0.1, -0.05) is 0 Å². The van der Waals surface area contributed by atoms with Crippen molar-refractivity contribution in [2.24, 2.45) is 5.92 Å². The van der Waals surface area contributed by atoms with E-state index in [9.17, 15) is 18.0 Å². The van der Waals surface area contributed by atoms with Crippen LogP contribution in [0.5, 0.6) is 5.75 Å².